The average Bonchev–Trinajstić information content (AvgIpc) is 2.98. The van der Waals surface area contributed by atoms with Gasteiger partial charge < -0.3 is 4.52 Å². The minimum absolute atomic E-state index is 0.0710. The first-order valence-corrected chi connectivity index (χ1v) is 8.80. The third kappa shape index (κ3) is 3.31. The molecule has 0 saturated carbocycles. The molecule has 0 aliphatic carbocycles. The summed E-state index contributed by atoms with van der Waals surface area (Å²) in [4.78, 5) is -0.633. The monoisotopic (exact) mass is 364 g/mol. The highest BCUT2D eigenvalue weighted by Crippen LogP contribution is 2.36. The van der Waals surface area contributed by atoms with Crippen molar-refractivity contribution < 1.29 is 21.7 Å². The SMILES string of the molecule is Cc1ccc(-c2noc(CF)c2-c2ccc(S(N)(=O)=O)c(F)c2)cc1. The summed E-state index contributed by atoms with van der Waals surface area (Å²) in [5.41, 5.74) is 2.55. The number of sulfonamides is 1. The number of halogens is 2. The molecule has 2 N–H and O–H groups in total. The van der Waals surface area contributed by atoms with Gasteiger partial charge in [0.2, 0.25) is 10.0 Å². The zero-order valence-electron chi connectivity index (χ0n) is 13.2. The van der Waals surface area contributed by atoms with Crippen molar-refractivity contribution >= 4 is 10.0 Å². The molecule has 0 bridgehead atoms. The molecule has 1 aromatic heterocycles. The topological polar surface area (TPSA) is 86.2 Å². The number of benzene rings is 2. The van der Waals surface area contributed by atoms with Gasteiger partial charge in [0.1, 0.15) is 16.4 Å². The van der Waals surface area contributed by atoms with Gasteiger partial charge in [-0.15, -0.1) is 0 Å². The van der Waals surface area contributed by atoms with Crippen LogP contribution in [0.1, 0.15) is 11.3 Å². The van der Waals surface area contributed by atoms with E-state index in [0.29, 0.717) is 11.3 Å². The van der Waals surface area contributed by atoms with Gasteiger partial charge >= 0.3 is 0 Å². The number of rotatable bonds is 4. The molecule has 0 fully saturated rings. The van der Waals surface area contributed by atoms with Gasteiger partial charge in [0.15, 0.2) is 12.4 Å². The van der Waals surface area contributed by atoms with Gasteiger partial charge in [0.25, 0.3) is 0 Å². The lowest BCUT2D eigenvalue weighted by atomic mass is 9.99. The van der Waals surface area contributed by atoms with Crippen molar-refractivity contribution in [2.24, 2.45) is 5.14 Å². The van der Waals surface area contributed by atoms with E-state index in [2.05, 4.69) is 5.16 Å². The highest BCUT2D eigenvalue weighted by atomic mass is 32.2. The predicted molar refractivity (Wildman–Crippen MR) is 88.3 cm³/mol. The van der Waals surface area contributed by atoms with Crippen molar-refractivity contribution in [3.8, 4) is 22.4 Å². The highest BCUT2D eigenvalue weighted by molar-refractivity contribution is 7.89. The van der Waals surface area contributed by atoms with Gasteiger partial charge in [-0.2, -0.15) is 0 Å². The van der Waals surface area contributed by atoms with Crippen molar-refractivity contribution in [1.29, 1.82) is 0 Å². The molecule has 3 rings (SSSR count). The zero-order valence-corrected chi connectivity index (χ0v) is 14.0. The Balaban J connectivity index is 2.18. The summed E-state index contributed by atoms with van der Waals surface area (Å²) in [6.45, 7) is 0.981. The standard InChI is InChI=1S/C17H14F2N2O3S/c1-10-2-4-11(5-3-10)17-16(14(9-18)24-21-17)12-6-7-15(13(19)8-12)25(20,22)23/h2-8H,9H2,1H3,(H2,20,22,23). The third-order valence-corrected chi connectivity index (χ3v) is 4.68. The summed E-state index contributed by atoms with van der Waals surface area (Å²) in [6.07, 6.45) is 0. The van der Waals surface area contributed by atoms with Crippen LogP contribution in [0.3, 0.4) is 0 Å². The van der Waals surface area contributed by atoms with Crippen LogP contribution in [0.15, 0.2) is 51.9 Å². The average molecular weight is 364 g/mol. The molecule has 0 spiro atoms. The molecule has 0 saturated heterocycles. The van der Waals surface area contributed by atoms with Crippen LogP contribution in [-0.2, 0) is 16.7 Å². The van der Waals surface area contributed by atoms with Gasteiger partial charge in [0, 0.05) is 5.56 Å². The molecule has 0 unspecified atom stereocenters. The summed E-state index contributed by atoms with van der Waals surface area (Å²) < 4.78 is 55.2. The smallest absolute Gasteiger partial charge is 0.240 e. The van der Waals surface area contributed by atoms with Crippen LogP contribution in [0.5, 0.6) is 0 Å². The number of nitrogens with two attached hydrogens (primary N) is 1. The molecule has 130 valence electrons. The number of aryl methyl sites for hydroxylation is 1. The maximum atomic E-state index is 14.2. The van der Waals surface area contributed by atoms with Crippen LogP contribution in [0.25, 0.3) is 22.4 Å². The number of hydrogen-bond donors (Lipinski definition) is 1. The van der Waals surface area contributed by atoms with Crippen molar-refractivity contribution in [1.82, 2.24) is 5.16 Å². The Kier molecular flexibility index (Phi) is 4.40. The lowest BCUT2D eigenvalue weighted by Crippen LogP contribution is -2.13. The van der Waals surface area contributed by atoms with E-state index in [1.165, 1.54) is 6.07 Å². The van der Waals surface area contributed by atoms with E-state index in [1.54, 1.807) is 12.1 Å². The number of primary sulfonamides is 1. The van der Waals surface area contributed by atoms with Crippen LogP contribution in [0.4, 0.5) is 8.78 Å². The lowest BCUT2D eigenvalue weighted by molar-refractivity contribution is 0.332. The molecular formula is C17H14F2N2O3S. The minimum Gasteiger partial charge on any atom is -0.357 e. The fourth-order valence-corrected chi connectivity index (χ4v) is 3.10. The second kappa shape index (κ2) is 6.38. The number of aromatic nitrogens is 1. The Morgan fingerprint density at radius 1 is 1.12 bits per heavy atom. The molecule has 0 aliphatic heterocycles. The van der Waals surface area contributed by atoms with Gasteiger partial charge in [-0.25, -0.2) is 22.3 Å². The van der Waals surface area contributed by atoms with E-state index in [9.17, 15) is 17.2 Å². The molecule has 0 aliphatic rings. The van der Waals surface area contributed by atoms with Crippen LogP contribution in [0.2, 0.25) is 0 Å². The van der Waals surface area contributed by atoms with E-state index in [-0.39, 0.29) is 16.9 Å². The molecule has 5 nitrogen and oxygen atoms in total. The Morgan fingerprint density at radius 2 is 1.76 bits per heavy atom. The van der Waals surface area contributed by atoms with Crippen LogP contribution >= 0.6 is 0 Å². The molecule has 3 aromatic rings. The molecule has 8 heteroatoms. The minimum atomic E-state index is -4.19. The summed E-state index contributed by atoms with van der Waals surface area (Å²) in [5.74, 6) is -1.10. The third-order valence-electron chi connectivity index (χ3n) is 3.74. The van der Waals surface area contributed by atoms with Crippen molar-refractivity contribution in [3.05, 3.63) is 59.6 Å². The molecule has 2 aromatic carbocycles. The lowest BCUT2D eigenvalue weighted by Gasteiger charge is -2.06. The van der Waals surface area contributed by atoms with E-state index < -0.39 is 27.4 Å². The Labute approximate surface area is 143 Å². The van der Waals surface area contributed by atoms with Crippen molar-refractivity contribution in [2.75, 3.05) is 0 Å². The van der Waals surface area contributed by atoms with Gasteiger partial charge in [-0.1, -0.05) is 41.1 Å². The van der Waals surface area contributed by atoms with Crippen molar-refractivity contribution in [3.63, 3.8) is 0 Å². The highest BCUT2D eigenvalue weighted by Gasteiger charge is 2.22. The van der Waals surface area contributed by atoms with Crippen LogP contribution in [0, 0.1) is 12.7 Å². The van der Waals surface area contributed by atoms with E-state index in [0.717, 1.165) is 17.7 Å². The fourth-order valence-electron chi connectivity index (χ4n) is 2.51. The fraction of sp³-hybridized carbons (Fsp3) is 0.118. The first-order valence-electron chi connectivity index (χ1n) is 7.25. The second-order valence-corrected chi connectivity index (χ2v) is 7.05. The van der Waals surface area contributed by atoms with E-state index >= 15 is 0 Å². The largest absolute Gasteiger partial charge is 0.357 e. The van der Waals surface area contributed by atoms with Gasteiger partial charge in [-0.05, 0) is 24.6 Å². The number of hydrogen-bond acceptors (Lipinski definition) is 4. The quantitative estimate of drug-likeness (QED) is 0.767. The molecule has 25 heavy (non-hydrogen) atoms. The molecule has 1 heterocycles. The normalized spacial score (nSPS) is 11.7. The second-order valence-electron chi connectivity index (χ2n) is 5.52. The van der Waals surface area contributed by atoms with Crippen molar-refractivity contribution in [2.45, 2.75) is 18.5 Å². The summed E-state index contributed by atoms with van der Waals surface area (Å²) >= 11 is 0. The van der Waals surface area contributed by atoms with E-state index in [4.69, 9.17) is 9.66 Å². The first kappa shape index (κ1) is 17.2. The molecule has 0 amide bonds. The molecule has 0 radical (unpaired) electrons. The Bertz CT molecular complexity index is 1030. The zero-order chi connectivity index (χ0) is 18.2. The Morgan fingerprint density at radius 3 is 2.32 bits per heavy atom. The molecular weight excluding hydrogens is 350 g/mol. The summed E-state index contributed by atoms with van der Waals surface area (Å²) in [5, 5.41) is 8.84. The maximum absolute atomic E-state index is 14.2. The molecule has 0 atom stereocenters. The van der Waals surface area contributed by atoms with Crippen LogP contribution in [-0.4, -0.2) is 13.6 Å². The summed E-state index contributed by atoms with van der Waals surface area (Å²) in [6, 6.07) is 10.6. The maximum Gasteiger partial charge on any atom is 0.240 e. The number of nitrogens with zero attached hydrogens (tertiary/aromatic N) is 1. The Hall–Kier alpha value is -2.58. The van der Waals surface area contributed by atoms with Crippen LogP contribution < -0.4 is 5.14 Å². The summed E-state index contributed by atoms with van der Waals surface area (Å²) in [7, 11) is -4.19. The predicted octanol–water partition coefficient (Wildman–Crippen LogP) is 3.57. The van der Waals surface area contributed by atoms with E-state index in [1.807, 2.05) is 19.1 Å². The van der Waals surface area contributed by atoms with Gasteiger partial charge in [0.05, 0.1) is 5.56 Å². The number of alkyl halides is 1. The van der Waals surface area contributed by atoms with Gasteiger partial charge in [-0.3, -0.25) is 0 Å². The first-order chi connectivity index (χ1) is 11.8.